The van der Waals surface area contributed by atoms with Gasteiger partial charge in [0, 0.05) is 0 Å². The van der Waals surface area contributed by atoms with E-state index >= 15 is 0 Å². The van der Waals surface area contributed by atoms with Crippen LogP contribution in [0.3, 0.4) is 0 Å². The smallest absolute Gasteiger partial charge is 0.115 e. The SMILES string of the molecule is CC[C@H](c1ccc(O)cc1)[C@@](C)(CC)c1ccc(O)cc1. The molecule has 0 fully saturated rings. The molecule has 2 N–H and O–H groups in total. The molecule has 0 aliphatic carbocycles. The van der Waals surface area contributed by atoms with Crippen LogP contribution in [0.15, 0.2) is 48.5 Å². The number of phenolic OH excluding ortho intramolecular Hbond substituents is 2. The fraction of sp³-hybridized carbons (Fsp3) is 0.368. The van der Waals surface area contributed by atoms with Gasteiger partial charge >= 0.3 is 0 Å². The Hall–Kier alpha value is -1.96. The first-order valence-electron chi connectivity index (χ1n) is 7.59. The molecule has 0 amide bonds. The second kappa shape index (κ2) is 6.21. The summed E-state index contributed by atoms with van der Waals surface area (Å²) in [4.78, 5) is 0. The number of hydrogen-bond acceptors (Lipinski definition) is 2. The maximum atomic E-state index is 9.51. The van der Waals surface area contributed by atoms with E-state index < -0.39 is 0 Å². The van der Waals surface area contributed by atoms with E-state index in [2.05, 4.69) is 20.8 Å². The fourth-order valence-corrected chi connectivity index (χ4v) is 3.25. The van der Waals surface area contributed by atoms with Gasteiger partial charge in [0.2, 0.25) is 0 Å². The van der Waals surface area contributed by atoms with Gasteiger partial charge in [-0.1, -0.05) is 45.0 Å². The summed E-state index contributed by atoms with van der Waals surface area (Å²) in [6.07, 6.45) is 2.03. The van der Waals surface area contributed by atoms with Gasteiger partial charge in [0.25, 0.3) is 0 Å². The van der Waals surface area contributed by atoms with Crippen LogP contribution in [-0.2, 0) is 5.41 Å². The summed E-state index contributed by atoms with van der Waals surface area (Å²) in [6.45, 7) is 6.68. The Bertz CT molecular complexity index is 572. The van der Waals surface area contributed by atoms with Gasteiger partial charge in [0.1, 0.15) is 11.5 Å². The van der Waals surface area contributed by atoms with E-state index in [1.807, 2.05) is 24.3 Å². The van der Waals surface area contributed by atoms with E-state index in [9.17, 15) is 10.2 Å². The molecule has 0 spiro atoms. The monoisotopic (exact) mass is 284 g/mol. The molecule has 0 radical (unpaired) electrons. The Kier molecular flexibility index (Phi) is 4.56. The molecule has 2 rings (SSSR count). The summed E-state index contributed by atoms with van der Waals surface area (Å²) in [6, 6.07) is 15.1. The van der Waals surface area contributed by atoms with E-state index in [4.69, 9.17) is 0 Å². The van der Waals surface area contributed by atoms with Gasteiger partial charge in [-0.2, -0.15) is 0 Å². The highest BCUT2D eigenvalue weighted by Crippen LogP contribution is 2.44. The zero-order chi connectivity index (χ0) is 15.5. The molecule has 0 aliphatic rings. The van der Waals surface area contributed by atoms with E-state index in [1.165, 1.54) is 11.1 Å². The number of phenols is 2. The molecule has 0 saturated carbocycles. The first-order chi connectivity index (χ1) is 10.0. The van der Waals surface area contributed by atoms with Crippen LogP contribution < -0.4 is 0 Å². The Morgan fingerprint density at radius 1 is 0.857 bits per heavy atom. The summed E-state index contributed by atoms with van der Waals surface area (Å²) in [5.41, 5.74) is 2.48. The van der Waals surface area contributed by atoms with Gasteiger partial charge in [-0.25, -0.2) is 0 Å². The van der Waals surface area contributed by atoms with Crippen molar-refractivity contribution in [2.45, 2.75) is 44.9 Å². The van der Waals surface area contributed by atoms with E-state index in [0.29, 0.717) is 17.4 Å². The molecule has 0 heterocycles. The molecule has 0 saturated heterocycles. The molecule has 0 aliphatic heterocycles. The molecule has 2 aromatic rings. The average molecular weight is 284 g/mol. The zero-order valence-electron chi connectivity index (χ0n) is 13.0. The molecule has 2 aromatic carbocycles. The third-order valence-electron chi connectivity index (χ3n) is 4.73. The van der Waals surface area contributed by atoms with Gasteiger partial charge in [0.05, 0.1) is 0 Å². The summed E-state index contributed by atoms with van der Waals surface area (Å²) in [5, 5.41) is 19.0. The number of aromatic hydroxyl groups is 2. The van der Waals surface area contributed by atoms with Gasteiger partial charge in [-0.3, -0.25) is 0 Å². The highest BCUT2D eigenvalue weighted by Gasteiger charge is 2.34. The predicted molar refractivity (Wildman–Crippen MR) is 86.9 cm³/mol. The lowest BCUT2D eigenvalue weighted by atomic mass is 9.66. The van der Waals surface area contributed by atoms with Crippen molar-refractivity contribution in [2.75, 3.05) is 0 Å². The van der Waals surface area contributed by atoms with Crippen LogP contribution in [0.4, 0.5) is 0 Å². The van der Waals surface area contributed by atoms with Crippen molar-refractivity contribution < 1.29 is 10.2 Å². The number of benzene rings is 2. The Morgan fingerprint density at radius 2 is 1.33 bits per heavy atom. The molecule has 2 heteroatoms. The van der Waals surface area contributed by atoms with Crippen molar-refractivity contribution >= 4 is 0 Å². The molecular weight excluding hydrogens is 260 g/mol. The predicted octanol–water partition coefficient (Wildman–Crippen LogP) is 4.96. The summed E-state index contributed by atoms with van der Waals surface area (Å²) in [7, 11) is 0. The third-order valence-corrected chi connectivity index (χ3v) is 4.73. The highest BCUT2D eigenvalue weighted by molar-refractivity contribution is 5.37. The van der Waals surface area contributed by atoms with Gasteiger partial charge in [-0.05, 0) is 59.6 Å². The number of rotatable bonds is 5. The van der Waals surface area contributed by atoms with Crippen LogP contribution in [-0.4, -0.2) is 10.2 Å². The van der Waals surface area contributed by atoms with Crippen LogP contribution in [0.1, 0.15) is 50.7 Å². The first kappa shape index (κ1) is 15.4. The normalized spacial score (nSPS) is 15.4. The van der Waals surface area contributed by atoms with Gasteiger partial charge in [0.15, 0.2) is 0 Å². The lowest BCUT2D eigenvalue weighted by Gasteiger charge is -2.38. The molecule has 2 atom stereocenters. The average Bonchev–Trinajstić information content (AvgIpc) is 2.50. The van der Waals surface area contributed by atoms with Gasteiger partial charge < -0.3 is 10.2 Å². The second-order valence-corrected chi connectivity index (χ2v) is 5.87. The van der Waals surface area contributed by atoms with Crippen molar-refractivity contribution in [3.05, 3.63) is 59.7 Å². The highest BCUT2D eigenvalue weighted by atomic mass is 16.3. The fourth-order valence-electron chi connectivity index (χ4n) is 3.25. The van der Waals surface area contributed by atoms with Gasteiger partial charge in [-0.15, -0.1) is 0 Å². The Balaban J connectivity index is 2.45. The van der Waals surface area contributed by atoms with Crippen molar-refractivity contribution in [2.24, 2.45) is 0 Å². The molecule has 0 unspecified atom stereocenters. The maximum Gasteiger partial charge on any atom is 0.115 e. The number of hydrogen-bond donors (Lipinski definition) is 2. The van der Waals surface area contributed by atoms with Crippen molar-refractivity contribution in [3.8, 4) is 11.5 Å². The largest absolute Gasteiger partial charge is 0.508 e. The minimum atomic E-state index is -0.000573. The third kappa shape index (κ3) is 3.05. The summed E-state index contributed by atoms with van der Waals surface area (Å²) >= 11 is 0. The minimum absolute atomic E-state index is 0.000573. The van der Waals surface area contributed by atoms with Crippen LogP contribution in [0.2, 0.25) is 0 Å². The van der Waals surface area contributed by atoms with Crippen molar-refractivity contribution in [1.29, 1.82) is 0 Å². The molecule has 0 aromatic heterocycles. The van der Waals surface area contributed by atoms with E-state index in [1.54, 1.807) is 24.3 Å². The molecule has 2 nitrogen and oxygen atoms in total. The maximum absolute atomic E-state index is 9.51. The molecular formula is C19H24O2. The van der Waals surface area contributed by atoms with Crippen LogP contribution in [0.5, 0.6) is 11.5 Å². The van der Waals surface area contributed by atoms with Crippen molar-refractivity contribution in [3.63, 3.8) is 0 Å². The molecule has 112 valence electrons. The topological polar surface area (TPSA) is 40.5 Å². The van der Waals surface area contributed by atoms with Crippen LogP contribution >= 0.6 is 0 Å². The quantitative estimate of drug-likeness (QED) is 0.814. The van der Waals surface area contributed by atoms with Crippen LogP contribution in [0.25, 0.3) is 0 Å². The molecule has 0 bridgehead atoms. The zero-order valence-corrected chi connectivity index (χ0v) is 13.0. The lowest BCUT2D eigenvalue weighted by Crippen LogP contribution is -2.29. The van der Waals surface area contributed by atoms with Crippen LogP contribution in [0, 0.1) is 0 Å². The Labute approximate surface area is 127 Å². The van der Waals surface area contributed by atoms with E-state index in [0.717, 1.165) is 12.8 Å². The lowest BCUT2D eigenvalue weighted by molar-refractivity contribution is 0.352. The van der Waals surface area contributed by atoms with E-state index in [-0.39, 0.29) is 5.41 Å². The first-order valence-corrected chi connectivity index (χ1v) is 7.59. The standard InChI is InChI=1S/C19H24O2/c1-4-18(14-6-10-16(20)11-7-14)19(3,5-2)15-8-12-17(21)13-9-15/h6-13,18,20-21H,4-5H2,1-3H3/t18-,19+/m1/s1. The Morgan fingerprint density at radius 3 is 1.76 bits per heavy atom. The summed E-state index contributed by atoms with van der Waals surface area (Å²) < 4.78 is 0. The van der Waals surface area contributed by atoms with Crippen molar-refractivity contribution in [1.82, 2.24) is 0 Å². The summed E-state index contributed by atoms with van der Waals surface area (Å²) in [5.74, 6) is 0.971. The molecule has 21 heavy (non-hydrogen) atoms. The minimum Gasteiger partial charge on any atom is -0.508 e. The second-order valence-electron chi connectivity index (χ2n) is 5.87.